The van der Waals surface area contributed by atoms with Gasteiger partial charge in [-0.3, -0.25) is 4.79 Å². The molecule has 1 atom stereocenters. The monoisotopic (exact) mass is 326 g/mol. The summed E-state index contributed by atoms with van der Waals surface area (Å²) >= 11 is 0. The van der Waals surface area contributed by atoms with Crippen molar-refractivity contribution in [2.45, 2.75) is 6.17 Å². The van der Waals surface area contributed by atoms with Crippen molar-refractivity contribution < 1.29 is 19.0 Å². The average molecular weight is 326 g/mol. The Bertz CT molecular complexity index is 788. The first-order valence-corrected chi connectivity index (χ1v) is 7.79. The van der Waals surface area contributed by atoms with Crippen LogP contribution in [0.1, 0.15) is 22.1 Å². The summed E-state index contributed by atoms with van der Waals surface area (Å²) in [5, 5.41) is 3.03. The smallest absolute Gasteiger partial charge is 0.255 e. The zero-order valence-corrected chi connectivity index (χ0v) is 13.5. The predicted molar refractivity (Wildman–Crippen MR) is 89.0 cm³/mol. The summed E-state index contributed by atoms with van der Waals surface area (Å²) in [7, 11) is 3.54. The van der Waals surface area contributed by atoms with Crippen molar-refractivity contribution in [2.75, 3.05) is 32.3 Å². The first-order chi connectivity index (χ1) is 11.7. The van der Waals surface area contributed by atoms with Crippen LogP contribution in [0.2, 0.25) is 0 Å². The number of hydrogen-bond donors (Lipinski definition) is 1. The predicted octanol–water partition coefficient (Wildman–Crippen LogP) is 2.34. The van der Waals surface area contributed by atoms with Gasteiger partial charge in [-0.25, -0.2) is 0 Å². The van der Waals surface area contributed by atoms with E-state index in [1.165, 1.54) is 0 Å². The summed E-state index contributed by atoms with van der Waals surface area (Å²) < 4.78 is 16.8. The van der Waals surface area contributed by atoms with Gasteiger partial charge < -0.3 is 24.4 Å². The van der Waals surface area contributed by atoms with E-state index in [9.17, 15) is 4.79 Å². The lowest BCUT2D eigenvalue weighted by Crippen LogP contribution is -2.44. The molecule has 0 bridgehead atoms. The Morgan fingerprint density at radius 1 is 1.21 bits per heavy atom. The van der Waals surface area contributed by atoms with E-state index >= 15 is 0 Å². The highest BCUT2D eigenvalue weighted by molar-refractivity contribution is 6.02. The van der Waals surface area contributed by atoms with Gasteiger partial charge >= 0.3 is 0 Å². The summed E-state index contributed by atoms with van der Waals surface area (Å²) in [6.45, 7) is 0.992. The Morgan fingerprint density at radius 3 is 2.83 bits per heavy atom. The molecule has 2 heterocycles. The van der Waals surface area contributed by atoms with E-state index in [0.29, 0.717) is 36.0 Å². The Labute approximate surface area is 139 Å². The molecule has 6 nitrogen and oxygen atoms in total. The second-order valence-electron chi connectivity index (χ2n) is 5.75. The van der Waals surface area contributed by atoms with Crippen LogP contribution in [0.5, 0.6) is 17.2 Å². The van der Waals surface area contributed by atoms with E-state index in [1.54, 1.807) is 7.11 Å². The normalized spacial score (nSPS) is 18.7. The Morgan fingerprint density at radius 2 is 2.00 bits per heavy atom. The number of anilines is 1. The maximum absolute atomic E-state index is 12.4. The molecule has 1 unspecified atom stereocenters. The molecule has 0 spiro atoms. The molecule has 4 rings (SSSR count). The molecule has 2 aromatic carbocycles. The topological polar surface area (TPSA) is 60.0 Å². The Hall–Kier alpha value is -2.89. The van der Waals surface area contributed by atoms with Crippen LogP contribution in [-0.2, 0) is 0 Å². The minimum absolute atomic E-state index is 0.0949. The molecule has 1 N–H and O–H groups in total. The standard InChI is InChI=1S/C18H18N2O4/c1-20-13-6-4-3-5-12(13)18(21)19-17(20)11-9-14(22-2)16-15(10-11)23-7-8-24-16/h3-6,9-10,17H,7-8H2,1-2H3,(H,19,21). The van der Waals surface area contributed by atoms with Gasteiger partial charge in [-0.2, -0.15) is 0 Å². The molecule has 124 valence electrons. The van der Waals surface area contributed by atoms with Crippen LogP contribution in [-0.4, -0.2) is 33.3 Å². The highest BCUT2D eigenvalue weighted by atomic mass is 16.6. The molecule has 0 aromatic heterocycles. The van der Waals surface area contributed by atoms with Crippen LogP contribution in [0.25, 0.3) is 0 Å². The SMILES string of the molecule is COc1cc(C2NC(=O)c3ccccc3N2C)cc2c1OCCO2. The fraction of sp³-hybridized carbons (Fsp3) is 0.278. The van der Waals surface area contributed by atoms with Crippen LogP contribution < -0.4 is 24.4 Å². The van der Waals surface area contributed by atoms with E-state index in [0.717, 1.165) is 11.3 Å². The third-order valence-corrected chi connectivity index (χ3v) is 4.35. The van der Waals surface area contributed by atoms with E-state index in [-0.39, 0.29) is 12.1 Å². The van der Waals surface area contributed by atoms with Crippen molar-refractivity contribution in [3.05, 3.63) is 47.5 Å². The van der Waals surface area contributed by atoms with E-state index in [2.05, 4.69) is 5.32 Å². The molecule has 1 amide bonds. The van der Waals surface area contributed by atoms with Crippen molar-refractivity contribution in [1.29, 1.82) is 0 Å². The number of amides is 1. The van der Waals surface area contributed by atoms with Crippen LogP contribution in [0.4, 0.5) is 5.69 Å². The number of nitrogens with zero attached hydrogens (tertiary/aromatic N) is 1. The Balaban J connectivity index is 1.78. The molecule has 0 saturated carbocycles. The summed E-state index contributed by atoms with van der Waals surface area (Å²) in [6.07, 6.45) is -0.308. The fourth-order valence-electron chi connectivity index (χ4n) is 3.17. The summed E-state index contributed by atoms with van der Waals surface area (Å²) in [6, 6.07) is 11.3. The third kappa shape index (κ3) is 2.22. The third-order valence-electron chi connectivity index (χ3n) is 4.35. The van der Waals surface area contributed by atoms with Crippen LogP contribution in [0, 0.1) is 0 Å². The maximum Gasteiger partial charge on any atom is 0.255 e. The maximum atomic E-state index is 12.4. The highest BCUT2D eigenvalue weighted by Crippen LogP contribution is 2.43. The lowest BCUT2D eigenvalue weighted by Gasteiger charge is -2.37. The van der Waals surface area contributed by atoms with Crippen molar-refractivity contribution in [2.24, 2.45) is 0 Å². The molecule has 0 fully saturated rings. The number of carbonyl (C=O) groups excluding carboxylic acids is 1. The zero-order chi connectivity index (χ0) is 16.7. The number of methoxy groups -OCH3 is 1. The number of benzene rings is 2. The van der Waals surface area contributed by atoms with Crippen LogP contribution in [0.3, 0.4) is 0 Å². The average Bonchev–Trinajstić information content (AvgIpc) is 2.63. The molecule has 2 aliphatic heterocycles. The molecule has 0 radical (unpaired) electrons. The molecule has 0 aliphatic carbocycles. The van der Waals surface area contributed by atoms with Gasteiger partial charge in [0.2, 0.25) is 5.75 Å². The van der Waals surface area contributed by atoms with Gasteiger partial charge in [0.15, 0.2) is 11.5 Å². The second kappa shape index (κ2) is 5.63. The molecule has 2 aliphatic rings. The highest BCUT2D eigenvalue weighted by Gasteiger charge is 2.31. The Kier molecular flexibility index (Phi) is 3.45. The molecule has 0 saturated heterocycles. The first kappa shape index (κ1) is 14.7. The number of fused-ring (bicyclic) bond motifs is 2. The molecule has 2 aromatic rings. The lowest BCUT2D eigenvalue weighted by molar-refractivity contribution is 0.0927. The summed E-state index contributed by atoms with van der Waals surface area (Å²) in [5.41, 5.74) is 2.43. The van der Waals surface area contributed by atoms with Gasteiger partial charge in [-0.15, -0.1) is 0 Å². The quantitative estimate of drug-likeness (QED) is 0.918. The van der Waals surface area contributed by atoms with Crippen molar-refractivity contribution in [1.82, 2.24) is 5.32 Å². The van der Waals surface area contributed by atoms with E-state index in [4.69, 9.17) is 14.2 Å². The number of rotatable bonds is 2. The fourth-order valence-corrected chi connectivity index (χ4v) is 3.17. The largest absolute Gasteiger partial charge is 0.493 e. The number of nitrogens with one attached hydrogen (secondary N) is 1. The van der Waals surface area contributed by atoms with E-state index in [1.807, 2.05) is 48.3 Å². The van der Waals surface area contributed by atoms with Gasteiger partial charge in [0.1, 0.15) is 19.4 Å². The molecular formula is C18H18N2O4. The number of ether oxygens (including phenoxy) is 3. The summed E-state index contributed by atoms with van der Waals surface area (Å²) in [5.74, 6) is 1.75. The van der Waals surface area contributed by atoms with E-state index < -0.39 is 0 Å². The second-order valence-corrected chi connectivity index (χ2v) is 5.75. The lowest BCUT2D eigenvalue weighted by atomic mass is 10.0. The van der Waals surface area contributed by atoms with Gasteiger partial charge in [0.25, 0.3) is 5.91 Å². The van der Waals surface area contributed by atoms with Gasteiger partial charge in [0, 0.05) is 12.6 Å². The minimum Gasteiger partial charge on any atom is -0.493 e. The van der Waals surface area contributed by atoms with Crippen LogP contribution >= 0.6 is 0 Å². The molecule has 6 heteroatoms. The van der Waals surface area contributed by atoms with Crippen LogP contribution in [0.15, 0.2) is 36.4 Å². The number of para-hydroxylation sites is 1. The minimum atomic E-state index is -0.308. The number of carbonyl (C=O) groups is 1. The van der Waals surface area contributed by atoms with Gasteiger partial charge in [-0.05, 0) is 24.3 Å². The van der Waals surface area contributed by atoms with Gasteiger partial charge in [0.05, 0.1) is 18.4 Å². The summed E-state index contributed by atoms with van der Waals surface area (Å²) in [4.78, 5) is 14.5. The zero-order valence-electron chi connectivity index (χ0n) is 13.5. The van der Waals surface area contributed by atoms with Crippen molar-refractivity contribution in [3.8, 4) is 17.2 Å². The molecule has 24 heavy (non-hydrogen) atoms. The number of hydrogen-bond acceptors (Lipinski definition) is 5. The van der Waals surface area contributed by atoms with Crippen molar-refractivity contribution in [3.63, 3.8) is 0 Å². The molecular weight excluding hydrogens is 308 g/mol. The van der Waals surface area contributed by atoms with Crippen molar-refractivity contribution >= 4 is 11.6 Å². The first-order valence-electron chi connectivity index (χ1n) is 7.79. The van der Waals surface area contributed by atoms with Gasteiger partial charge in [-0.1, -0.05) is 12.1 Å².